The maximum atomic E-state index is 5.73. The Bertz CT molecular complexity index is 283. The lowest BCUT2D eigenvalue weighted by Crippen LogP contribution is -2.41. The standard InChI is InChI=1S/C18H48N10/c19-1-4-22-6-8-24-9-10-25-11-13-27-15-18-28(16-3-21)17-14-26-12-7-23-5-2-20/h22-27H,1-21H2. The van der Waals surface area contributed by atoms with Crippen molar-refractivity contribution >= 4 is 0 Å². The Hall–Kier alpha value is -0.400. The molecule has 0 aromatic rings. The van der Waals surface area contributed by atoms with Crippen molar-refractivity contribution in [3.8, 4) is 0 Å². The van der Waals surface area contributed by atoms with Gasteiger partial charge < -0.3 is 49.1 Å². The number of nitrogens with one attached hydrogen (secondary N) is 6. The van der Waals surface area contributed by atoms with Crippen LogP contribution in [0.25, 0.3) is 0 Å². The van der Waals surface area contributed by atoms with Gasteiger partial charge in [0.2, 0.25) is 0 Å². The van der Waals surface area contributed by atoms with Crippen LogP contribution in [-0.2, 0) is 0 Å². The molecule has 0 aromatic heterocycles. The Labute approximate surface area is 172 Å². The summed E-state index contributed by atoms with van der Waals surface area (Å²) in [7, 11) is 0. The monoisotopic (exact) mass is 404 g/mol. The molecule has 0 heterocycles. The van der Waals surface area contributed by atoms with Crippen molar-refractivity contribution in [3.63, 3.8) is 0 Å². The third-order valence-electron chi connectivity index (χ3n) is 4.21. The molecule has 0 rings (SSSR count). The van der Waals surface area contributed by atoms with E-state index >= 15 is 0 Å². The molecule has 0 aliphatic carbocycles. The van der Waals surface area contributed by atoms with Gasteiger partial charge in [0.15, 0.2) is 0 Å². The third-order valence-corrected chi connectivity index (χ3v) is 4.21. The normalized spacial score (nSPS) is 11.6. The maximum Gasteiger partial charge on any atom is 0.0108 e. The van der Waals surface area contributed by atoms with Gasteiger partial charge in [0.25, 0.3) is 0 Å². The third kappa shape index (κ3) is 21.9. The maximum absolute atomic E-state index is 5.73. The van der Waals surface area contributed by atoms with E-state index in [2.05, 4.69) is 36.8 Å². The van der Waals surface area contributed by atoms with Crippen molar-refractivity contribution in [3.05, 3.63) is 0 Å². The van der Waals surface area contributed by atoms with Crippen LogP contribution >= 0.6 is 0 Å². The minimum Gasteiger partial charge on any atom is -0.329 e. The van der Waals surface area contributed by atoms with Crippen molar-refractivity contribution in [2.75, 3.05) is 118 Å². The molecule has 28 heavy (non-hydrogen) atoms. The van der Waals surface area contributed by atoms with Crippen LogP contribution in [0.3, 0.4) is 0 Å². The predicted molar refractivity (Wildman–Crippen MR) is 121 cm³/mol. The van der Waals surface area contributed by atoms with E-state index in [4.69, 9.17) is 17.2 Å². The van der Waals surface area contributed by atoms with Crippen molar-refractivity contribution in [1.29, 1.82) is 0 Å². The topological polar surface area (TPSA) is 153 Å². The first-order chi connectivity index (χ1) is 13.8. The van der Waals surface area contributed by atoms with Crippen LogP contribution in [0.2, 0.25) is 0 Å². The average molecular weight is 405 g/mol. The van der Waals surface area contributed by atoms with E-state index < -0.39 is 0 Å². The summed E-state index contributed by atoms with van der Waals surface area (Å²) in [5.41, 5.74) is 16.6. The summed E-state index contributed by atoms with van der Waals surface area (Å²) in [6.45, 7) is 16.7. The second kappa shape index (κ2) is 24.6. The number of hydrogen-bond acceptors (Lipinski definition) is 10. The molecule has 12 N–H and O–H groups in total. The molecular formula is C18H48N10. The molecule has 0 unspecified atom stereocenters. The van der Waals surface area contributed by atoms with E-state index in [-0.39, 0.29) is 0 Å². The van der Waals surface area contributed by atoms with E-state index in [1.54, 1.807) is 0 Å². The van der Waals surface area contributed by atoms with Crippen LogP contribution in [0, 0.1) is 0 Å². The van der Waals surface area contributed by atoms with Gasteiger partial charge in [0.1, 0.15) is 0 Å². The molecule has 0 aliphatic heterocycles. The largest absolute Gasteiger partial charge is 0.329 e. The highest BCUT2D eigenvalue weighted by molar-refractivity contribution is 4.64. The number of nitrogens with two attached hydrogens (primary N) is 3. The second-order valence-corrected chi connectivity index (χ2v) is 6.71. The number of hydrogen-bond donors (Lipinski definition) is 9. The van der Waals surface area contributed by atoms with Crippen molar-refractivity contribution in [2.24, 2.45) is 17.2 Å². The fourth-order valence-electron chi connectivity index (χ4n) is 2.65. The van der Waals surface area contributed by atoms with Crippen LogP contribution < -0.4 is 49.1 Å². The highest BCUT2D eigenvalue weighted by Crippen LogP contribution is 1.84. The highest BCUT2D eigenvalue weighted by Gasteiger charge is 2.02. The number of rotatable bonds is 24. The average Bonchev–Trinajstić information content (AvgIpc) is 2.70. The van der Waals surface area contributed by atoms with Crippen LogP contribution in [0.5, 0.6) is 0 Å². The van der Waals surface area contributed by atoms with E-state index in [1.807, 2.05) is 0 Å². The Morgan fingerprint density at radius 2 is 0.679 bits per heavy atom. The van der Waals surface area contributed by atoms with Gasteiger partial charge in [0.05, 0.1) is 0 Å². The first-order valence-electron chi connectivity index (χ1n) is 10.9. The zero-order chi connectivity index (χ0) is 20.5. The van der Waals surface area contributed by atoms with Gasteiger partial charge in [-0.25, -0.2) is 0 Å². The molecule has 0 spiro atoms. The molecule has 0 radical (unpaired) electrons. The Morgan fingerprint density at radius 1 is 0.357 bits per heavy atom. The molecule has 0 amide bonds. The first kappa shape index (κ1) is 27.6. The molecule has 0 aromatic carbocycles. The molecule has 10 nitrogen and oxygen atoms in total. The second-order valence-electron chi connectivity index (χ2n) is 6.71. The van der Waals surface area contributed by atoms with Gasteiger partial charge in [0, 0.05) is 118 Å². The van der Waals surface area contributed by atoms with Gasteiger partial charge in [-0.3, -0.25) is 4.90 Å². The van der Waals surface area contributed by atoms with Crippen LogP contribution in [0.15, 0.2) is 0 Å². The highest BCUT2D eigenvalue weighted by atomic mass is 15.2. The summed E-state index contributed by atoms with van der Waals surface area (Å²) < 4.78 is 0. The minimum absolute atomic E-state index is 0.691. The minimum atomic E-state index is 0.691. The van der Waals surface area contributed by atoms with Gasteiger partial charge in [-0.15, -0.1) is 0 Å². The van der Waals surface area contributed by atoms with Gasteiger partial charge in [-0.05, 0) is 0 Å². The summed E-state index contributed by atoms with van der Waals surface area (Å²) in [5.74, 6) is 0. The van der Waals surface area contributed by atoms with E-state index in [0.29, 0.717) is 19.6 Å². The smallest absolute Gasteiger partial charge is 0.0108 e. The lowest BCUT2D eigenvalue weighted by atomic mass is 10.4. The van der Waals surface area contributed by atoms with E-state index in [9.17, 15) is 0 Å². The lowest BCUT2D eigenvalue weighted by Gasteiger charge is -2.22. The van der Waals surface area contributed by atoms with E-state index in [1.165, 1.54) is 0 Å². The van der Waals surface area contributed by atoms with Gasteiger partial charge in [-0.2, -0.15) is 0 Å². The molecule has 0 bridgehead atoms. The number of nitrogens with zero attached hydrogens (tertiary/aromatic N) is 1. The van der Waals surface area contributed by atoms with Crippen LogP contribution in [0.1, 0.15) is 0 Å². The molecule has 0 aliphatic rings. The summed E-state index contributed by atoms with van der Waals surface area (Å²) in [6.07, 6.45) is 0. The Kier molecular flexibility index (Phi) is 24.3. The molecule has 10 heteroatoms. The van der Waals surface area contributed by atoms with E-state index in [0.717, 1.165) is 98.2 Å². The SMILES string of the molecule is NCCNCCNCCNCCNCCN(CCN)CCNCCNCCN. The van der Waals surface area contributed by atoms with Crippen LogP contribution in [0.4, 0.5) is 0 Å². The molecule has 0 saturated carbocycles. The van der Waals surface area contributed by atoms with Crippen molar-refractivity contribution < 1.29 is 0 Å². The summed E-state index contributed by atoms with van der Waals surface area (Å²) in [5, 5.41) is 20.3. The summed E-state index contributed by atoms with van der Waals surface area (Å²) in [6, 6.07) is 0. The zero-order valence-corrected chi connectivity index (χ0v) is 17.9. The molecule has 0 fully saturated rings. The van der Waals surface area contributed by atoms with Gasteiger partial charge in [-0.1, -0.05) is 0 Å². The fraction of sp³-hybridized carbons (Fsp3) is 1.00. The molecular weight excluding hydrogens is 356 g/mol. The summed E-state index contributed by atoms with van der Waals surface area (Å²) in [4.78, 5) is 2.41. The van der Waals surface area contributed by atoms with Crippen molar-refractivity contribution in [2.45, 2.75) is 0 Å². The molecule has 170 valence electrons. The quantitative estimate of drug-likeness (QED) is 0.0722. The molecule has 0 atom stereocenters. The predicted octanol–water partition coefficient (Wildman–Crippen LogP) is -4.30. The first-order valence-corrected chi connectivity index (χ1v) is 10.9. The fourth-order valence-corrected chi connectivity index (χ4v) is 2.65. The van der Waals surface area contributed by atoms with Crippen LogP contribution in [-0.4, -0.2) is 123 Å². The zero-order valence-electron chi connectivity index (χ0n) is 17.9. The molecule has 0 saturated heterocycles. The lowest BCUT2D eigenvalue weighted by molar-refractivity contribution is 0.280. The van der Waals surface area contributed by atoms with Gasteiger partial charge >= 0.3 is 0 Å². The summed E-state index contributed by atoms with van der Waals surface area (Å²) >= 11 is 0. The Morgan fingerprint density at radius 3 is 1.00 bits per heavy atom. The van der Waals surface area contributed by atoms with Crippen molar-refractivity contribution in [1.82, 2.24) is 36.8 Å². The Balaban J connectivity index is 3.37.